The molecule has 2 saturated carbocycles. The van der Waals surface area contributed by atoms with E-state index in [0.29, 0.717) is 58.1 Å². The lowest BCUT2D eigenvalue weighted by molar-refractivity contribution is -0.159. The Morgan fingerprint density at radius 3 is 2.50 bits per heavy atom. The molecule has 0 unspecified atom stereocenters. The Kier molecular flexibility index (Phi) is 9.87. The summed E-state index contributed by atoms with van der Waals surface area (Å²) in [5.74, 6) is -0.850. The number of aryl methyl sites for hydroxylation is 1. The molecular formula is C38H44F2N4O6. The number of hydrogen-bond acceptors (Lipinski definition) is 10. The first-order chi connectivity index (χ1) is 24.2. The molecule has 266 valence electrons. The van der Waals surface area contributed by atoms with E-state index in [-0.39, 0.29) is 53.9 Å². The predicted octanol–water partition coefficient (Wildman–Crippen LogP) is 6.65. The molecule has 1 aliphatic heterocycles. The van der Waals surface area contributed by atoms with Crippen LogP contribution in [0.15, 0.2) is 36.7 Å². The van der Waals surface area contributed by atoms with Crippen LogP contribution in [0.1, 0.15) is 57.9 Å². The van der Waals surface area contributed by atoms with Crippen molar-refractivity contribution < 1.29 is 37.3 Å². The maximum atomic E-state index is 16.4. The van der Waals surface area contributed by atoms with Gasteiger partial charge >= 0.3 is 12.0 Å². The van der Waals surface area contributed by atoms with Crippen LogP contribution in [0, 0.1) is 22.5 Å². The number of ether oxygens (including phenoxy) is 5. The van der Waals surface area contributed by atoms with Crippen LogP contribution in [-0.4, -0.2) is 85.3 Å². The van der Waals surface area contributed by atoms with Crippen molar-refractivity contribution in [3.8, 4) is 23.0 Å². The van der Waals surface area contributed by atoms with E-state index >= 15 is 4.39 Å². The molecule has 2 aliphatic carbocycles. The second-order valence-electron chi connectivity index (χ2n) is 14.1. The maximum absolute atomic E-state index is 16.4. The first-order valence-electron chi connectivity index (χ1n) is 17.6. The average molecular weight is 691 g/mol. The molecule has 0 amide bonds. The van der Waals surface area contributed by atoms with Crippen molar-refractivity contribution in [3.05, 3.63) is 53.9 Å². The first-order valence-corrected chi connectivity index (χ1v) is 17.6. The lowest BCUT2D eigenvalue weighted by atomic mass is 9.61. The number of carbonyl (C=O) groups excluding carboxylic acids is 1. The van der Waals surface area contributed by atoms with Gasteiger partial charge in [0, 0.05) is 42.4 Å². The highest BCUT2D eigenvalue weighted by Crippen LogP contribution is 2.52. The van der Waals surface area contributed by atoms with Crippen molar-refractivity contribution in [2.45, 2.75) is 64.9 Å². The van der Waals surface area contributed by atoms with Gasteiger partial charge in [0.05, 0.1) is 19.3 Å². The molecule has 2 aromatic carbocycles. The number of piperidine rings is 1. The highest BCUT2D eigenvalue weighted by molar-refractivity contribution is 6.01. The summed E-state index contributed by atoms with van der Waals surface area (Å²) in [4.78, 5) is 27.5. The van der Waals surface area contributed by atoms with Gasteiger partial charge in [-0.25, -0.2) is 18.6 Å². The number of halogens is 2. The van der Waals surface area contributed by atoms with Crippen molar-refractivity contribution in [2.75, 3.05) is 53.4 Å². The summed E-state index contributed by atoms with van der Waals surface area (Å²) >= 11 is 0. The zero-order valence-electron chi connectivity index (χ0n) is 28.9. The van der Waals surface area contributed by atoms with E-state index < -0.39 is 5.82 Å². The number of likely N-dealkylation sites (tertiary alicyclic amines) is 1. The first kappa shape index (κ1) is 34.4. The summed E-state index contributed by atoms with van der Waals surface area (Å²) in [6.45, 7) is 7.50. The van der Waals surface area contributed by atoms with Crippen LogP contribution < -0.4 is 9.47 Å². The van der Waals surface area contributed by atoms with Crippen molar-refractivity contribution in [2.24, 2.45) is 10.8 Å². The van der Waals surface area contributed by atoms with Crippen molar-refractivity contribution in [3.63, 3.8) is 0 Å². The number of aromatic nitrogens is 3. The number of hydrogen-bond donors (Lipinski definition) is 0. The van der Waals surface area contributed by atoms with Crippen LogP contribution in [0.4, 0.5) is 8.78 Å². The third-order valence-electron chi connectivity index (χ3n) is 10.6. The molecule has 3 aliphatic rings. The average Bonchev–Trinajstić information content (AvgIpc) is 3.88. The number of rotatable bonds is 14. The number of esters is 1. The Balaban J connectivity index is 1.02. The van der Waals surface area contributed by atoms with Gasteiger partial charge in [-0.05, 0) is 105 Å². The number of carbonyl (C=O) groups is 1. The maximum Gasteiger partial charge on any atom is 0.332 e. The Bertz CT molecular complexity index is 1870. The second-order valence-corrected chi connectivity index (χ2v) is 14.1. The lowest BCUT2D eigenvalue weighted by Crippen LogP contribution is -2.51. The van der Waals surface area contributed by atoms with Gasteiger partial charge in [0.1, 0.15) is 29.4 Å². The molecule has 7 rings (SSSR count). The zero-order chi connectivity index (χ0) is 34.9. The smallest absolute Gasteiger partial charge is 0.332 e. The minimum absolute atomic E-state index is 0.00399. The third kappa shape index (κ3) is 7.11. The predicted molar refractivity (Wildman–Crippen MR) is 183 cm³/mol. The fraction of sp³-hybridized carbons (Fsp3) is 0.526. The molecule has 1 spiro atoms. The molecule has 50 heavy (non-hydrogen) atoms. The molecule has 0 bridgehead atoms. The Labute approximate surface area is 290 Å². The van der Waals surface area contributed by atoms with Gasteiger partial charge in [0.2, 0.25) is 0 Å². The molecule has 0 N–H and O–H groups in total. The Hall–Kier alpha value is -4.00. The lowest BCUT2D eigenvalue weighted by Gasteiger charge is -2.52. The quantitative estimate of drug-likeness (QED) is 0.106. The summed E-state index contributed by atoms with van der Waals surface area (Å²) in [5.41, 5.74) is 1.35. The Morgan fingerprint density at radius 2 is 1.78 bits per heavy atom. The van der Waals surface area contributed by atoms with Gasteiger partial charge in [-0.3, -0.25) is 4.98 Å². The molecule has 12 heteroatoms. The van der Waals surface area contributed by atoms with E-state index in [2.05, 4.69) is 19.9 Å². The van der Waals surface area contributed by atoms with Crippen LogP contribution in [0.25, 0.3) is 32.9 Å². The van der Waals surface area contributed by atoms with Crippen molar-refractivity contribution >= 4 is 27.6 Å². The fourth-order valence-electron chi connectivity index (χ4n) is 7.66. The number of pyridine rings is 1. The molecule has 1 saturated heterocycles. The highest BCUT2D eigenvalue weighted by Gasteiger charge is 2.49. The van der Waals surface area contributed by atoms with E-state index in [1.54, 1.807) is 25.1 Å². The third-order valence-corrected chi connectivity index (χ3v) is 10.6. The van der Waals surface area contributed by atoms with Gasteiger partial charge in [0.15, 0.2) is 12.6 Å². The molecule has 10 nitrogen and oxygen atoms in total. The summed E-state index contributed by atoms with van der Waals surface area (Å²) in [6, 6.07) is 6.63. The van der Waals surface area contributed by atoms with Gasteiger partial charge in [0.25, 0.3) is 0 Å². The van der Waals surface area contributed by atoms with Crippen LogP contribution in [0.5, 0.6) is 11.8 Å². The van der Waals surface area contributed by atoms with Crippen LogP contribution in [0.3, 0.4) is 0 Å². The topological polar surface area (TPSA) is 105 Å². The summed E-state index contributed by atoms with van der Waals surface area (Å²) in [6.07, 6.45) is 9.96. The fourth-order valence-corrected chi connectivity index (χ4v) is 7.66. The number of benzene rings is 2. The Morgan fingerprint density at radius 1 is 1.00 bits per heavy atom. The standard InChI is InChI=1S/C38H44F2N4O6/c1-4-28-30(39)7-6-24-14-26(50-23-46-3)15-29(32(24)28)35-33(40)34-25(18-41-35)19-42-36(43-34)49-22-38(8-9-38)21-44-12-10-37(11-13-44)16-27(17-37)48-20-31(45)47-5-2/h6-7,14-15,18-19,27H,4-5,8-13,16-17,20-23H2,1-3H3. The molecule has 3 fully saturated rings. The van der Waals surface area contributed by atoms with Crippen LogP contribution >= 0.6 is 0 Å². The van der Waals surface area contributed by atoms with Crippen LogP contribution in [0.2, 0.25) is 0 Å². The van der Waals surface area contributed by atoms with E-state index in [1.807, 2.05) is 6.92 Å². The van der Waals surface area contributed by atoms with Gasteiger partial charge in [-0.15, -0.1) is 0 Å². The molecule has 0 radical (unpaired) electrons. The van der Waals surface area contributed by atoms with E-state index in [4.69, 9.17) is 23.7 Å². The second kappa shape index (κ2) is 14.3. The summed E-state index contributed by atoms with van der Waals surface area (Å²) < 4.78 is 59.0. The molecular weight excluding hydrogens is 646 g/mol. The monoisotopic (exact) mass is 690 g/mol. The van der Waals surface area contributed by atoms with E-state index in [1.165, 1.54) is 25.6 Å². The zero-order valence-corrected chi connectivity index (χ0v) is 28.9. The van der Waals surface area contributed by atoms with Gasteiger partial charge in [-0.1, -0.05) is 13.0 Å². The van der Waals surface area contributed by atoms with Gasteiger partial charge < -0.3 is 28.6 Å². The molecule has 2 aromatic heterocycles. The normalized spacial score (nSPS) is 18.3. The van der Waals surface area contributed by atoms with Crippen LogP contribution in [-0.2, 0) is 25.4 Å². The number of methoxy groups -OCH3 is 1. The SMILES string of the molecule is CCOC(=O)COC1CC2(CCN(CC3(COc4ncc5cnc(-c6cc(OCOC)cc7ccc(F)c(CC)c67)c(F)c5n4)CC3)CC2)C1. The van der Waals surface area contributed by atoms with E-state index in [9.17, 15) is 9.18 Å². The molecule has 4 aromatic rings. The minimum atomic E-state index is -0.640. The molecule has 0 atom stereocenters. The van der Waals surface area contributed by atoms with E-state index in [0.717, 1.165) is 58.2 Å². The number of nitrogens with zero attached hydrogens (tertiary/aromatic N) is 4. The minimum Gasteiger partial charge on any atom is -0.468 e. The summed E-state index contributed by atoms with van der Waals surface area (Å²) in [5, 5.41) is 1.72. The number of fused-ring (bicyclic) bond motifs is 2. The van der Waals surface area contributed by atoms with Crippen molar-refractivity contribution in [1.29, 1.82) is 0 Å². The van der Waals surface area contributed by atoms with Gasteiger partial charge in [-0.2, -0.15) is 4.98 Å². The molecule has 3 heterocycles. The van der Waals surface area contributed by atoms with Crippen molar-refractivity contribution in [1.82, 2.24) is 19.9 Å². The highest BCUT2D eigenvalue weighted by atomic mass is 19.1. The summed E-state index contributed by atoms with van der Waals surface area (Å²) in [7, 11) is 1.52. The largest absolute Gasteiger partial charge is 0.468 e.